The molecule has 0 amide bonds. The normalized spacial score (nSPS) is 15.5. The summed E-state index contributed by atoms with van der Waals surface area (Å²) in [4.78, 5) is 2.40. The molecular formula is C28H33N3O. The summed E-state index contributed by atoms with van der Waals surface area (Å²) >= 11 is 0. The average molecular weight is 428 g/mol. The second-order valence-electron chi connectivity index (χ2n) is 8.65. The van der Waals surface area contributed by atoms with E-state index in [1.165, 1.54) is 18.4 Å². The average Bonchev–Trinajstić information content (AvgIpc) is 2.84. The Labute approximate surface area is 191 Å². The number of hydrogen-bond acceptors (Lipinski definition) is 4. The number of nitrogens with zero attached hydrogens (tertiary/aromatic N) is 1. The number of aliphatic hydroxyl groups excluding tert-OH is 1. The van der Waals surface area contributed by atoms with Gasteiger partial charge in [0, 0.05) is 18.7 Å². The van der Waals surface area contributed by atoms with E-state index in [0.29, 0.717) is 0 Å². The van der Waals surface area contributed by atoms with Gasteiger partial charge in [0.05, 0.1) is 11.4 Å². The molecule has 4 nitrogen and oxygen atoms in total. The predicted octanol–water partition coefficient (Wildman–Crippen LogP) is 5.00. The summed E-state index contributed by atoms with van der Waals surface area (Å²) in [5.41, 5.74) is 13.4. The zero-order chi connectivity index (χ0) is 22.5. The Balaban J connectivity index is 1.45. The third-order valence-corrected chi connectivity index (χ3v) is 6.55. The Bertz CT molecular complexity index is 1060. The molecular weight excluding hydrogens is 394 g/mol. The number of anilines is 2. The zero-order valence-electron chi connectivity index (χ0n) is 18.8. The van der Waals surface area contributed by atoms with Gasteiger partial charge in [-0.2, -0.15) is 0 Å². The quantitative estimate of drug-likeness (QED) is 0.367. The van der Waals surface area contributed by atoms with Crippen molar-refractivity contribution in [2.24, 2.45) is 5.92 Å². The lowest BCUT2D eigenvalue weighted by Gasteiger charge is -2.34. The molecule has 1 heterocycles. The van der Waals surface area contributed by atoms with Gasteiger partial charge in [-0.05, 0) is 66.6 Å². The molecule has 166 valence electrons. The van der Waals surface area contributed by atoms with Crippen LogP contribution in [0.2, 0.25) is 0 Å². The first kappa shape index (κ1) is 22.1. The lowest BCUT2D eigenvalue weighted by Crippen LogP contribution is -2.34. The summed E-state index contributed by atoms with van der Waals surface area (Å²) in [6.45, 7) is 6.35. The van der Waals surface area contributed by atoms with Gasteiger partial charge >= 0.3 is 0 Å². The standard InChI is InChI=1S/C28H33N3O/c1-20(24-10-6-7-11-25(24)28(32)30-2)23-12-13-27(26(29)19-23)31-16-14-22(15-17-31)18-21-8-4-3-5-9-21/h3-13,19,22,28,30,32H,1,14-18,29H2,2H3. The van der Waals surface area contributed by atoms with E-state index in [9.17, 15) is 5.11 Å². The largest absolute Gasteiger partial charge is 0.397 e. The summed E-state index contributed by atoms with van der Waals surface area (Å²) in [7, 11) is 1.74. The summed E-state index contributed by atoms with van der Waals surface area (Å²) in [6, 6.07) is 24.8. The maximum absolute atomic E-state index is 10.3. The molecule has 0 spiro atoms. The van der Waals surface area contributed by atoms with Crippen LogP contribution in [0.4, 0.5) is 11.4 Å². The fourth-order valence-electron chi connectivity index (χ4n) is 4.68. The van der Waals surface area contributed by atoms with Crippen molar-refractivity contribution >= 4 is 16.9 Å². The topological polar surface area (TPSA) is 61.5 Å². The number of aliphatic hydroxyl groups is 1. The molecule has 1 aliphatic heterocycles. The van der Waals surface area contributed by atoms with Crippen molar-refractivity contribution in [1.29, 1.82) is 0 Å². The van der Waals surface area contributed by atoms with Crippen LogP contribution in [0.3, 0.4) is 0 Å². The van der Waals surface area contributed by atoms with E-state index in [1.54, 1.807) is 7.05 Å². The monoisotopic (exact) mass is 427 g/mol. The molecule has 0 radical (unpaired) electrons. The van der Waals surface area contributed by atoms with Crippen LogP contribution in [0.25, 0.3) is 5.57 Å². The van der Waals surface area contributed by atoms with Gasteiger partial charge in [-0.1, -0.05) is 67.2 Å². The highest BCUT2D eigenvalue weighted by molar-refractivity contribution is 5.83. The van der Waals surface area contributed by atoms with Crippen LogP contribution in [0.5, 0.6) is 0 Å². The molecule has 0 aliphatic carbocycles. The highest BCUT2D eigenvalue weighted by Crippen LogP contribution is 2.34. The zero-order valence-corrected chi connectivity index (χ0v) is 18.8. The Hall–Kier alpha value is -3.08. The number of nitrogen functional groups attached to an aromatic ring is 1. The molecule has 4 N–H and O–H groups in total. The fraction of sp³-hybridized carbons (Fsp3) is 0.286. The van der Waals surface area contributed by atoms with E-state index in [1.807, 2.05) is 30.3 Å². The van der Waals surface area contributed by atoms with Gasteiger partial charge in [0.15, 0.2) is 0 Å². The van der Waals surface area contributed by atoms with Crippen LogP contribution >= 0.6 is 0 Å². The van der Waals surface area contributed by atoms with Crippen LogP contribution in [0.15, 0.2) is 79.4 Å². The molecule has 3 aromatic rings. The number of nitrogens with one attached hydrogen (secondary N) is 1. The van der Waals surface area contributed by atoms with Crippen molar-refractivity contribution in [3.05, 3.63) is 102 Å². The van der Waals surface area contributed by atoms with Crippen molar-refractivity contribution < 1.29 is 5.11 Å². The molecule has 1 atom stereocenters. The molecule has 1 aliphatic rings. The van der Waals surface area contributed by atoms with E-state index in [0.717, 1.165) is 59.1 Å². The van der Waals surface area contributed by atoms with Gasteiger partial charge in [-0.3, -0.25) is 5.32 Å². The van der Waals surface area contributed by atoms with Gasteiger partial charge in [0.1, 0.15) is 6.23 Å². The Morgan fingerprint density at radius 1 is 1.06 bits per heavy atom. The molecule has 4 heteroatoms. The lowest BCUT2D eigenvalue weighted by molar-refractivity contribution is 0.149. The molecule has 0 aromatic heterocycles. The van der Waals surface area contributed by atoms with Crippen LogP contribution in [0, 0.1) is 5.92 Å². The number of nitrogens with two attached hydrogens (primary N) is 1. The summed E-state index contributed by atoms with van der Waals surface area (Å²) < 4.78 is 0. The van der Waals surface area contributed by atoms with Crippen molar-refractivity contribution in [1.82, 2.24) is 5.32 Å². The minimum atomic E-state index is -0.739. The molecule has 0 bridgehead atoms. The predicted molar refractivity (Wildman–Crippen MR) is 135 cm³/mol. The molecule has 4 rings (SSSR count). The molecule has 1 saturated heterocycles. The Morgan fingerprint density at radius 2 is 1.75 bits per heavy atom. The summed E-state index contributed by atoms with van der Waals surface area (Å²) in [5.74, 6) is 0.726. The van der Waals surface area contributed by atoms with Crippen molar-refractivity contribution in [3.8, 4) is 0 Å². The first-order chi connectivity index (χ1) is 15.6. The third kappa shape index (κ3) is 4.87. The van der Waals surface area contributed by atoms with Crippen LogP contribution in [0.1, 0.15) is 41.3 Å². The molecule has 3 aromatic carbocycles. The van der Waals surface area contributed by atoms with Crippen molar-refractivity contribution in [3.63, 3.8) is 0 Å². The van der Waals surface area contributed by atoms with Crippen LogP contribution in [-0.4, -0.2) is 25.2 Å². The van der Waals surface area contributed by atoms with Crippen molar-refractivity contribution in [2.75, 3.05) is 30.8 Å². The molecule has 1 fully saturated rings. The second kappa shape index (κ2) is 10.0. The lowest BCUT2D eigenvalue weighted by atomic mass is 9.89. The summed E-state index contributed by atoms with van der Waals surface area (Å²) in [6.07, 6.45) is 2.77. The van der Waals surface area contributed by atoms with Crippen molar-refractivity contribution in [2.45, 2.75) is 25.5 Å². The minimum Gasteiger partial charge on any atom is -0.397 e. The molecule has 1 unspecified atom stereocenters. The number of hydrogen-bond donors (Lipinski definition) is 3. The minimum absolute atomic E-state index is 0.726. The second-order valence-corrected chi connectivity index (χ2v) is 8.65. The summed E-state index contributed by atoms with van der Waals surface area (Å²) in [5, 5.41) is 13.2. The number of rotatable bonds is 7. The Morgan fingerprint density at radius 3 is 2.44 bits per heavy atom. The maximum Gasteiger partial charge on any atom is 0.131 e. The number of piperidine rings is 1. The molecule has 32 heavy (non-hydrogen) atoms. The van der Waals surface area contributed by atoms with Gasteiger partial charge in [0.2, 0.25) is 0 Å². The van der Waals surface area contributed by atoms with E-state index in [2.05, 4.69) is 59.3 Å². The van der Waals surface area contributed by atoms with Crippen LogP contribution in [-0.2, 0) is 6.42 Å². The van der Waals surface area contributed by atoms with E-state index in [-0.39, 0.29) is 0 Å². The number of benzene rings is 3. The Kier molecular flexibility index (Phi) is 6.93. The SMILES string of the molecule is C=C(c1ccc(N2CCC(Cc3ccccc3)CC2)c(N)c1)c1ccccc1C(O)NC. The third-order valence-electron chi connectivity index (χ3n) is 6.55. The van der Waals surface area contributed by atoms with E-state index in [4.69, 9.17) is 5.73 Å². The van der Waals surface area contributed by atoms with E-state index < -0.39 is 6.23 Å². The van der Waals surface area contributed by atoms with Crippen LogP contribution < -0.4 is 16.0 Å². The highest BCUT2D eigenvalue weighted by atomic mass is 16.3. The highest BCUT2D eigenvalue weighted by Gasteiger charge is 2.21. The van der Waals surface area contributed by atoms with Gasteiger partial charge in [-0.15, -0.1) is 0 Å². The first-order valence-electron chi connectivity index (χ1n) is 11.4. The van der Waals surface area contributed by atoms with Gasteiger partial charge in [-0.25, -0.2) is 0 Å². The van der Waals surface area contributed by atoms with E-state index >= 15 is 0 Å². The molecule has 0 saturated carbocycles. The first-order valence-corrected chi connectivity index (χ1v) is 11.4. The van der Waals surface area contributed by atoms with Gasteiger partial charge in [0.25, 0.3) is 0 Å². The van der Waals surface area contributed by atoms with Gasteiger partial charge < -0.3 is 15.7 Å². The smallest absolute Gasteiger partial charge is 0.131 e. The fourth-order valence-corrected chi connectivity index (χ4v) is 4.68. The maximum atomic E-state index is 10.3.